The number of carbonyl (C=O) groups excluding carboxylic acids is 2. The summed E-state index contributed by atoms with van der Waals surface area (Å²) in [6.07, 6.45) is 1.36. The Labute approximate surface area is 242 Å². The molecule has 0 saturated heterocycles. The highest BCUT2D eigenvalue weighted by Gasteiger charge is 2.57. The number of alkyl halides is 3. The van der Waals surface area contributed by atoms with E-state index < -0.39 is 53.4 Å². The van der Waals surface area contributed by atoms with Crippen molar-refractivity contribution in [1.29, 1.82) is 0 Å². The highest BCUT2D eigenvalue weighted by Crippen LogP contribution is 2.59. The molecule has 3 aliphatic carbocycles. The fourth-order valence-corrected chi connectivity index (χ4v) is 7.56. The van der Waals surface area contributed by atoms with E-state index in [2.05, 4.69) is 17.3 Å². The number of halogens is 4. The van der Waals surface area contributed by atoms with Gasteiger partial charge in [-0.05, 0) is 98.2 Å². The van der Waals surface area contributed by atoms with Gasteiger partial charge in [0.25, 0.3) is 0 Å². The molecule has 1 fully saturated rings. The van der Waals surface area contributed by atoms with Crippen molar-refractivity contribution in [3.05, 3.63) is 94.6 Å². The van der Waals surface area contributed by atoms with Gasteiger partial charge in [0.15, 0.2) is 5.78 Å². The molecule has 5 atom stereocenters. The number of hydrogen-bond acceptors (Lipinski definition) is 3. The Morgan fingerprint density at radius 3 is 2.48 bits per heavy atom. The molecule has 6 rings (SSSR count). The van der Waals surface area contributed by atoms with Crippen molar-refractivity contribution in [2.75, 3.05) is 6.54 Å². The molecule has 42 heavy (non-hydrogen) atoms. The van der Waals surface area contributed by atoms with Gasteiger partial charge >= 0.3 is 6.18 Å². The largest absolute Gasteiger partial charge is 0.392 e. The Hall–Kier alpha value is -3.75. The maximum atomic E-state index is 14.3. The average Bonchev–Trinajstić information content (AvgIpc) is 3.36. The van der Waals surface area contributed by atoms with Crippen LogP contribution in [0.5, 0.6) is 0 Å². The maximum absolute atomic E-state index is 14.3. The zero-order chi connectivity index (χ0) is 29.8. The van der Waals surface area contributed by atoms with E-state index in [1.165, 1.54) is 12.1 Å². The summed E-state index contributed by atoms with van der Waals surface area (Å²) in [5.74, 6) is -5.25. The Morgan fingerprint density at radius 2 is 1.79 bits per heavy atom. The Kier molecular flexibility index (Phi) is 7.10. The average molecular weight is 580 g/mol. The van der Waals surface area contributed by atoms with Crippen molar-refractivity contribution >= 4 is 11.7 Å². The molecule has 3 aromatic rings. The van der Waals surface area contributed by atoms with Gasteiger partial charge in [-0.15, -0.1) is 0 Å². The predicted molar refractivity (Wildman–Crippen MR) is 150 cm³/mol. The van der Waals surface area contributed by atoms with E-state index in [-0.39, 0.29) is 17.9 Å². The first kappa shape index (κ1) is 28.4. The number of amides is 1. The van der Waals surface area contributed by atoms with Crippen molar-refractivity contribution in [2.45, 2.75) is 52.1 Å². The van der Waals surface area contributed by atoms with Crippen LogP contribution in [0.3, 0.4) is 0 Å². The van der Waals surface area contributed by atoms with Crippen molar-refractivity contribution in [3.63, 3.8) is 0 Å². The lowest BCUT2D eigenvalue weighted by Crippen LogP contribution is -2.53. The summed E-state index contributed by atoms with van der Waals surface area (Å²) in [7, 11) is 0. The van der Waals surface area contributed by atoms with E-state index in [1.807, 2.05) is 42.1 Å². The lowest BCUT2D eigenvalue weighted by atomic mass is 9.51. The van der Waals surface area contributed by atoms with Crippen LogP contribution in [0.25, 0.3) is 5.69 Å². The van der Waals surface area contributed by atoms with Gasteiger partial charge in [0.2, 0.25) is 5.91 Å². The molecular weight excluding hydrogens is 546 g/mol. The number of aromatic nitrogens is 2. The molecule has 220 valence electrons. The molecule has 1 amide bonds. The molecule has 2 unspecified atom stereocenters. The number of benzene rings is 2. The number of rotatable bonds is 5. The Morgan fingerprint density at radius 1 is 1.07 bits per heavy atom. The second-order valence-electron chi connectivity index (χ2n) is 12.3. The molecule has 5 nitrogen and oxygen atoms in total. The zero-order valence-corrected chi connectivity index (χ0v) is 23.5. The highest BCUT2D eigenvalue weighted by atomic mass is 19.4. The summed E-state index contributed by atoms with van der Waals surface area (Å²) >= 11 is 0. The van der Waals surface area contributed by atoms with Crippen LogP contribution in [0.4, 0.5) is 17.6 Å². The summed E-state index contributed by atoms with van der Waals surface area (Å²) in [4.78, 5) is 26.1. The Bertz CT molecular complexity index is 1540. The van der Waals surface area contributed by atoms with Gasteiger partial charge in [-0.3, -0.25) is 9.59 Å². The summed E-state index contributed by atoms with van der Waals surface area (Å²) in [5.41, 5.74) is 5.08. The first-order valence-electron chi connectivity index (χ1n) is 14.4. The van der Waals surface area contributed by atoms with Gasteiger partial charge in [-0.25, -0.2) is 9.07 Å². The van der Waals surface area contributed by atoms with Crippen molar-refractivity contribution in [1.82, 2.24) is 15.1 Å². The molecule has 1 N–H and O–H groups in total. The maximum Gasteiger partial charge on any atom is 0.392 e. The molecule has 3 aliphatic rings. The quantitative estimate of drug-likeness (QED) is 0.211. The molecule has 0 bridgehead atoms. The summed E-state index contributed by atoms with van der Waals surface area (Å²) in [6.45, 7) is 3.71. The highest BCUT2D eigenvalue weighted by molar-refractivity contribution is 5.99. The number of fused-ring (bicyclic) bond motifs is 4. The number of nitrogens with zero attached hydrogens (tertiary/aromatic N) is 2. The molecular formula is C33H33F4N3O2. The van der Waals surface area contributed by atoms with Crippen molar-refractivity contribution in [3.8, 4) is 5.69 Å². The summed E-state index contributed by atoms with van der Waals surface area (Å²) in [5, 5.41) is 7.18. The summed E-state index contributed by atoms with van der Waals surface area (Å²) < 4.78 is 58.1. The SMILES string of the molecule is Cc1ccc(-n2ncc3c2CC2CCC4C(=CC[C@@H](C(F)(F)F)[C@@H]4C(=O)NCC(=O)c4ccc(F)cc4)[C@@]2(C)C3)cc1. The minimum absolute atomic E-state index is 0.186. The number of carbonyl (C=O) groups is 2. The number of nitrogens with one attached hydrogen (secondary N) is 1. The van der Waals surface area contributed by atoms with Crippen LogP contribution in [-0.4, -0.2) is 34.2 Å². The van der Waals surface area contributed by atoms with Crippen LogP contribution in [0.1, 0.15) is 53.4 Å². The number of ketones is 1. The first-order chi connectivity index (χ1) is 20.0. The summed E-state index contributed by atoms with van der Waals surface area (Å²) in [6, 6.07) is 13.0. The Balaban J connectivity index is 1.26. The smallest absolute Gasteiger partial charge is 0.348 e. The van der Waals surface area contributed by atoms with E-state index in [0.29, 0.717) is 19.3 Å². The standard InChI is InChI=1S/C33H33F4N3O2/c1-19-3-10-24(11-4-19)40-28-15-22-7-12-25-26(32(22,2)16-21(28)17-39-40)13-14-27(33(35,36)37)30(25)31(42)38-18-29(41)20-5-8-23(34)9-6-20/h3-6,8-11,13,17,22,25,27,30H,7,12,14-16,18H2,1-2H3,(H,38,42)/t22?,25?,27-,30-,32+/m1/s1. The number of Topliss-reactive ketones (excluding diaryl/α,β-unsaturated/α-hetero) is 1. The van der Waals surface area contributed by atoms with Crippen LogP contribution in [0.15, 0.2) is 66.4 Å². The molecule has 1 heterocycles. The van der Waals surface area contributed by atoms with Crippen LogP contribution in [0, 0.1) is 41.8 Å². The molecule has 2 aromatic carbocycles. The monoisotopic (exact) mass is 579 g/mol. The molecule has 0 spiro atoms. The van der Waals surface area contributed by atoms with Crippen LogP contribution < -0.4 is 5.32 Å². The zero-order valence-electron chi connectivity index (χ0n) is 23.5. The number of aryl methyl sites for hydroxylation is 1. The van der Waals surface area contributed by atoms with Crippen LogP contribution >= 0.6 is 0 Å². The predicted octanol–water partition coefficient (Wildman–Crippen LogP) is 6.57. The van der Waals surface area contributed by atoms with Crippen molar-refractivity contribution < 1.29 is 27.2 Å². The third-order valence-electron chi connectivity index (χ3n) is 9.79. The normalized spacial score (nSPS) is 26.9. The van der Waals surface area contributed by atoms with Crippen LogP contribution in [0.2, 0.25) is 0 Å². The van der Waals surface area contributed by atoms with Gasteiger partial charge in [0.1, 0.15) is 5.82 Å². The minimum Gasteiger partial charge on any atom is -0.348 e. The molecule has 1 aromatic heterocycles. The van der Waals surface area contributed by atoms with E-state index in [0.717, 1.165) is 46.6 Å². The topological polar surface area (TPSA) is 64.0 Å². The molecule has 9 heteroatoms. The third-order valence-corrected chi connectivity index (χ3v) is 9.79. The second kappa shape index (κ2) is 10.5. The second-order valence-corrected chi connectivity index (χ2v) is 12.3. The van der Waals surface area contributed by atoms with E-state index in [1.54, 1.807) is 6.08 Å². The van der Waals surface area contributed by atoms with E-state index >= 15 is 0 Å². The van der Waals surface area contributed by atoms with Gasteiger partial charge in [-0.1, -0.05) is 36.3 Å². The lowest BCUT2D eigenvalue weighted by molar-refractivity contribution is -0.198. The van der Waals surface area contributed by atoms with Gasteiger partial charge in [0.05, 0.1) is 30.3 Å². The van der Waals surface area contributed by atoms with Crippen molar-refractivity contribution in [2.24, 2.45) is 29.1 Å². The number of hydrogen-bond donors (Lipinski definition) is 1. The minimum atomic E-state index is -4.56. The molecule has 1 saturated carbocycles. The molecule has 0 radical (unpaired) electrons. The fraction of sp³-hybridized carbons (Fsp3) is 0.424. The fourth-order valence-electron chi connectivity index (χ4n) is 7.56. The molecule has 0 aliphatic heterocycles. The van der Waals surface area contributed by atoms with E-state index in [9.17, 15) is 27.2 Å². The number of allylic oxidation sites excluding steroid dienone is 2. The third kappa shape index (κ3) is 4.96. The van der Waals surface area contributed by atoms with Gasteiger partial charge < -0.3 is 5.32 Å². The lowest BCUT2D eigenvalue weighted by Gasteiger charge is -2.53. The van der Waals surface area contributed by atoms with Crippen LogP contribution in [-0.2, 0) is 17.6 Å². The van der Waals surface area contributed by atoms with E-state index in [4.69, 9.17) is 0 Å². The first-order valence-corrected chi connectivity index (χ1v) is 14.4. The van der Waals surface area contributed by atoms with Gasteiger partial charge in [0, 0.05) is 11.3 Å². The van der Waals surface area contributed by atoms with Gasteiger partial charge in [-0.2, -0.15) is 18.3 Å².